The zero-order valence-corrected chi connectivity index (χ0v) is 10.6. The fourth-order valence-corrected chi connectivity index (χ4v) is 1.67. The minimum atomic E-state index is -1.11. The summed E-state index contributed by atoms with van der Waals surface area (Å²) in [7, 11) is 0. The number of anilines is 2. The first-order chi connectivity index (χ1) is 8.45. The second-order valence-corrected chi connectivity index (χ2v) is 4.29. The first kappa shape index (κ1) is 14.0. The Labute approximate surface area is 106 Å². The third kappa shape index (κ3) is 3.48. The van der Waals surface area contributed by atoms with Gasteiger partial charge in [0.15, 0.2) is 0 Å². The molecule has 0 heterocycles. The molecule has 0 aliphatic rings. The van der Waals surface area contributed by atoms with Crippen molar-refractivity contribution < 1.29 is 14.7 Å². The maximum absolute atomic E-state index is 11.8. The normalized spacial score (nSPS) is 11.9. The Hall–Kier alpha value is -2.04. The maximum Gasteiger partial charge on any atom is 0.337 e. The predicted octanol–water partition coefficient (Wildman–Crippen LogP) is 2.34. The Bertz CT molecular complexity index is 458. The number of carbonyl (C=O) groups excluding carboxylic acids is 1. The molecule has 1 aromatic carbocycles. The Morgan fingerprint density at radius 2 is 2.11 bits per heavy atom. The van der Waals surface area contributed by atoms with Crippen LogP contribution >= 0.6 is 0 Å². The van der Waals surface area contributed by atoms with Crippen LogP contribution in [0.1, 0.15) is 37.0 Å². The summed E-state index contributed by atoms with van der Waals surface area (Å²) in [6.45, 7) is 3.81. The van der Waals surface area contributed by atoms with E-state index in [4.69, 9.17) is 10.8 Å². The quantitative estimate of drug-likeness (QED) is 0.699. The average molecular weight is 250 g/mol. The number of carboxylic acids is 1. The van der Waals surface area contributed by atoms with Crippen LogP contribution in [-0.2, 0) is 4.79 Å². The lowest BCUT2D eigenvalue weighted by atomic mass is 10.0. The van der Waals surface area contributed by atoms with E-state index in [9.17, 15) is 9.59 Å². The molecule has 0 aliphatic heterocycles. The van der Waals surface area contributed by atoms with Gasteiger partial charge >= 0.3 is 5.97 Å². The molecule has 1 atom stereocenters. The van der Waals surface area contributed by atoms with Crippen molar-refractivity contribution in [3.05, 3.63) is 23.8 Å². The van der Waals surface area contributed by atoms with Gasteiger partial charge in [-0.25, -0.2) is 4.79 Å². The lowest BCUT2D eigenvalue weighted by Crippen LogP contribution is -2.21. The highest BCUT2D eigenvalue weighted by Crippen LogP contribution is 2.20. The van der Waals surface area contributed by atoms with E-state index in [1.54, 1.807) is 6.07 Å². The van der Waals surface area contributed by atoms with Crippen LogP contribution in [0.3, 0.4) is 0 Å². The van der Waals surface area contributed by atoms with E-state index in [0.29, 0.717) is 5.69 Å². The topological polar surface area (TPSA) is 92.4 Å². The van der Waals surface area contributed by atoms with Gasteiger partial charge in [0.2, 0.25) is 5.91 Å². The van der Waals surface area contributed by atoms with Crippen molar-refractivity contribution in [2.24, 2.45) is 5.92 Å². The number of amides is 1. The van der Waals surface area contributed by atoms with Crippen molar-refractivity contribution >= 4 is 23.3 Å². The van der Waals surface area contributed by atoms with E-state index >= 15 is 0 Å². The molecule has 0 saturated carbocycles. The number of carbonyl (C=O) groups is 2. The lowest BCUT2D eigenvalue weighted by molar-refractivity contribution is -0.119. The van der Waals surface area contributed by atoms with Crippen LogP contribution < -0.4 is 11.1 Å². The molecule has 0 spiro atoms. The smallest absolute Gasteiger partial charge is 0.337 e. The van der Waals surface area contributed by atoms with Gasteiger partial charge in [-0.1, -0.05) is 20.3 Å². The van der Waals surface area contributed by atoms with Crippen LogP contribution in [0.15, 0.2) is 18.2 Å². The van der Waals surface area contributed by atoms with E-state index in [-0.39, 0.29) is 23.1 Å². The summed E-state index contributed by atoms with van der Waals surface area (Å²) in [6.07, 6.45) is 1.67. The first-order valence-electron chi connectivity index (χ1n) is 5.89. The van der Waals surface area contributed by atoms with E-state index in [1.807, 2.05) is 13.8 Å². The zero-order valence-electron chi connectivity index (χ0n) is 10.6. The first-order valence-corrected chi connectivity index (χ1v) is 5.89. The van der Waals surface area contributed by atoms with Gasteiger partial charge in [-0.3, -0.25) is 4.79 Å². The molecule has 0 radical (unpaired) electrons. The van der Waals surface area contributed by atoms with E-state index in [2.05, 4.69) is 5.32 Å². The van der Waals surface area contributed by atoms with Gasteiger partial charge in [0.25, 0.3) is 0 Å². The number of carboxylic acid groups (broad SMARTS) is 1. The fraction of sp³-hybridized carbons (Fsp3) is 0.385. The van der Waals surface area contributed by atoms with E-state index < -0.39 is 5.97 Å². The average Bonchev–Trinajstić information content (AvgIpc) is 2.31. The Kier molecular flexibility index (Phi) is 4.71. The van der Waals surface area contributed by atoms with Crippen molar-refractivity contribution in [1.82, 2.24) is 0 Å². The molecule has 98 valence electrons. The van der Waals surface area contributed by atoms with E-state index in [1.165, 1.54) is 12.1 Å². The Morgan fingerprint density at radius 3 is 2.67 bits per heavy atom. The molecule has 18 heavy (non-hydrogen) atoms. The Balaban J connectivity index is 2.90. The highest BCUT2D eigenvalue weighted by atomic mass is 16.4. The van der Waals surface area contributed by atoms with Crippen LogP contribution in [0.4, 0.5) is 11.4 Å². The number of hydrogen-bond donors (Lipinski definition) is 3. The molecular weight excluding hydrogens is 232 g/mol. The molecule has 1 rings (SSSR count). The fourth-order valence-electron chi connectivity index (χ4n) is 1.67. The van der Waals surface area contributed by atoms with Gasteiger partial charge in [-0.2, -0.15) is 0 Å². The van der Waals surface area contributed by atoms with Crippen molar-refractivity contribution in [3.63, 3.8) is 0 Å². The van der Waals surface area contributed by atoms with Gasteiger partial charge in [-0.05, 0) is 24.6 Å². The molecule has 1 unspecified atom stereocenters. The van der Waals surface area contributed by atoms with Crippen LogP contribution in [0, 0.1) is 5.92 Å². The van der Waals surface area contributed by atoms with Gasteiger partial charge in [0, 0.05) is 11.6 Å². The number of nitrogens with one attached hydrogen (secondary N) is 1. The minimum Gasteiger partial charge on any atom is -0.478 e. The van der Waals surface area contributed by atoms with Gasteiger partial charge in [-0.15, -0.1) is 0 Å². The predicted molar refractivity (Wildman–Crippen MR) is 70.5 cm³/mol. The van der Waals surface area contributed by atoms with Crippen molar-refractivity contribution in [2.45, 2.75) is 26.7 Å². The molecule has 0 fully saturated rings. The third-order valence-electron chi connectivity index (χ3n) is 2.70. The lowest BCUT2D eigenvalue weighted by Gasteiger charge is -2.13. The summed E-state index contributed by atoms with van der Waals surface area (Å²) in [5, 5.41) is 11.7. The molecule has 0 aromatic heterocycles. The minimum absolute atomic E-state index is 0.00653. The molecule has 1 aromatic rings. The van der Waals surface area contributed by atoms with Gasteiger partial charge in [0.1, 0.15) is 0 Å². The summed E-state index contributed by atoms with van der Waals surface area (Å²) in [4.78, 5) is 22.9. The summed E-state index contributed by atoms with van der Waals surface area (Å²) >= 11 is 0. The maximum atomic E-state index is 11.8. The number of rotatable bonds is 5. The summed E-state index contributed by atoms with van der Waals surface area (Å²) in [5.74, 6) is -1.43. The monoisotopic (exact) mass is 250 g/mol. The standard InChI is InChI=1S/C13H18N2O3/c1-3-4-8(2)12(16)15-11-6-5-9(14)7-10(11)13(17)18/h5-8H,3-4,14H2,1-2H3,(H,15,16)(H,17,18). The highest BCUT2D eigenvalue weighted by molar-refractivity contribution is 6.01. The largest absolute Gasteiger partial charge is 0.478 e. The van der Waals surface area contributed by atoms with Crippen LogP contribution in [-0.4, -0.2) is 17.0 Å². The molecule has 4 N–H and O–H groups in total. The number of nitrogens with two attached hydrogens (primary N) is 1. The molecular formula is C13H18N2O3. The van der Waals surface area contributed by atoms with Gasteiger partial charge in [0.05, 0.1) is 11.3 Å². The van der Waals surface area contributed by atoms with Crippen LogP contribution in [0.25, 0.3) is 0 Å². The van der Waals surface area contributed by atoms with Crippen molar-refractivity contribution in [3.8, 4) is 0 Å². The molecule has 5 heteroatoms. The molecule has 5 nitrogen and oxygen atoms in total. The van der Waals surface area contributed by atoms with Crippen LogP contribution in [0.5, 0.6) is 0 Å². The molecule has 0 saturated heterocycles. The SMILES string of the molecule is CCCC(C)C(=O)Nc1ccc(N)cc1C(=O)O. The van der Waals surface area contributed by atoms with Crippen LogP contribution in [0.2, 0.25) is 0 Å². The third-order valence-corrected chi connectivity index (χ3v) is 2.70. The van der Waals surface area contributed by atoms with Gasteiger partial charge < -0.3 is 16.2 Å². The molecule has 0 aliphatic carbocycles. The van der Waals surface area contributed by atoms with Crippen molar-refractivity contribution in [2.75, 3.05) is 11.1 Å². The second kappa shape index (κ2) is 6.05. The summed E-state index contributed by atoms with van der Waals surface area (Å²) in [6, 6.07) is 4.41. The van der Waals surface area contributed by atoms with Crippen molar-refractivity contribution in [1.29, 1.82) is 0 Å². The molecule has 0 bridgehead atoms. The highest BCUT2D eigenvalue weighted by Gasteiger charge is 2.16. The zero-order chi connectivity index (χ0) is 13.7. The Morgan fingerprint density at radius 1 is 1.44 bits per heavy atom. The summed E-state index contributed by atoms with van der Waals surface area (Å²) in [5.41, 5.74) is 6.17. The summed E-state index contributed by atoms with van der Waals surface area (Å²) < 4.78 is 0. The molecule has 1 amide bonds. The number of hydrogen-bond acceptors (Lipinski definition) is 3. The number of nitrogen functional groups attached to an aromatic ring is 1. The number of aromatic carboxylic acids is 1. The number of benzene rings is 1. The van der Waals surface area contributed by atoms with E-state index in [0.717, 1.165) is 12.8 Å². The second-order valence-electron chi connectivity index (χ2n) is 4.29.